The zero-order chi connectivity index (χ0) is 25.5. The number of ether oxygens (including phenoxy) is 2. The Morgan fingerprint density at radius 3 is 2.33 bits per heavy atom. The maximum absolute atomic E-state index is 10.9. The molecule has 0 amide bonds. The number of anilines is 4. The molecule has 1 aliphatic heterocycles. The van der Waals surface area contributed by atoms with Gasteiger partial charge in [-0.25, -0.2) is 5.43 Å². The molecule has 0 saturated carbocycles. The number of rotatable bonds is 9. The van der Waals surface area contributed by atoms with E-state index in [0.29, 0.717) is 23.1 Å². The van der Waals surface area contributed by atoms with Gasteiger partial charge >= 0.3 is 0 Å². The first kappa shape index (κ1) is 24.6. The Morgan fingerprint density at radius 1 is 0.972 bits per heavy atom. The minimum atomic E-state index is -0.448. The van der Waals surface area contributed by atoms with E-state index in [9.17, 15) is 10.1 Å². The zero-order valence-corrected chi connectivity index (χ0v) is 20.2. The van der Waals surface area contributed by atoms with Crippen LogP contribution in [0.25, 0.3) is 0 Å². The largest absolute Gasteiger partial charge is 0.493 e. The van der Waals surface area contributed by atoms with E-state index in [1.165, 1.54) is 12.1 Å². The number of likely N-dealkylation sites (N-methyl/N-ethyl adjacent to an activating group) is 1. The van der Waals surface area contributed by atoms with Crippen molar-refractivity contribution in [2.24, 2.45) is 5.10 Å². The first-order chi connectivity index (χ1) is 17.4. The summed E-state index contributed by atoms with van der Waals surface area (Å²) in [5.74, 6) is 2.26. The van der Waals surface area contributed by atoms with Gasteiger partial charge in [0.2, 0.25) is 17.8 Å². The van der Waals surface area contributed by atoms with Crippen molar-refractivity contribution in [2.75, 3.05) is 63.1 Å². The van der Waals surface area contributed by atoms with Crippen LogP contribution in [0.3, 0.4) is 0 Å². The number of hydrogen-bond donors (Lipinski definition) is 2. The first-order valence-corrected chi connectivity index (χ1v) is 11.2. The Kier molecular flexibility index (Phi) is 7.70. The highest BCUT2D eigenvalue weighted by molar-refractivity contribution is 5.81. The average Bonchev–Trinajstić information content (AvgIpc) is 2.89. The number of hydrogen-bond acceptors (Lipinski definition) is 12. The molecule has 0 spiro atoms. The number of piperazine rings is 1. The molecule has 0 bridgehead atoms. The summed E-state index contributed by atoms with van der Waals surface area (Å²) in [6.07, 6.45) is 1.62. The molecule has 0 atom stereocenters. The quantitative estimate of drug-likeness (QED) is 0.258. The molecule has 13 heteroatoms. The van der Waals surface area contributed by atoms with Crippen LogP contribution in [-0.2, 0) is 0 Å². The average molecular weight is 494 g/mol. The van der Waals surface area contributed by atoms with Crippen LogP contribution in [0.15, 0.2) is 47.6 Å². The van der Waals surface area contributed by atoms with Crippen molar-refractivity contribution in [1.29, 1.82) is 0 Å². The molecule has 0 aliphatic carbocycles. The summed E-state index contributed by atoms with van der Waals surface area (Å²) in [5, 5.41) is 18.3. The third-order valence-corrected chi connectivity index (χ3v) is 5.53. The summed E-state index contributed by atoms with van der Waals surface area (Å²) in [6.45, 7) is 3.31. The summed E-state index contributed by atoms with van der Waals surface area (Å²) in [4.78, 5) is 28.3. The zero-order valence-electron chi connectivity index (χ0n) is 20.2. The van der Waals surface area contributed by atoms with Crippen LogP contribution < -0.4 is 25.1 Å². The van der Waals surface area contributed by atoms with Crippen molar-refractivity contribution in [3.05, 3.63) is 58.1 Å². The molecule has 2 heterocycles. The topological polar surface area (TPSA) is 143 Å². The van der Waals surface area contributed by atoms with Crippen LogP contribution in [0.5, 0.6) is 11.5 Å². The predicted octanol–water partition coefficient (Wildman–Crippen LogP) is 2.74. The lowest BCUT2D eigenvalue weighted by Crippen LogP contribution is -2.45. The van der Waals surface area contributed by atoms with Gasteiger partial charge in [-0.3, -0.25) is 10.1 Å². The number of benzene rings is 2. The normalized spacial score (nSPS) is 14.0. The van der Waals surface area contributed by atoms with Gasteiger partial charge < -0.3 is 24.6 Å². The van der Waals surface area contributed by atoms with E-state index in [-0.39, 0.29) is 17.6 Å². The maximum atomic E-state index is 10.9. The fourth-order valence-corrected chi connectivity index (χ4v) is 3.51. The Balaban J connectivity index is 1.56. The molecule has 2 N–H and O–H groups in total. The number of nitrogens with one attached hydrogen (secondary N) is 2. The second kappa shape index (κ2) is 11.3. The molecule has 188 valence electrons. The fourth-order valence-electron chi connectivity index (χ4n) is 3.51. The van der Waals surface area contributed by atoms with Gasteiger partial charge in [-0.1, -0.05) is 0 Å². The summed E-state index contributed by atoms with van der Waals surface area (Å²) in [5.41, 5.74) is 4.26. The van der Waals surface area contributed by atoms with Gasteiger partial charge in [-0.05, 0) is 42.9 Å². The van der Waals surface area contributed by atoms with Gasteiger partial charge in [0, 0.05) is 44.0 Å². The van der Waals surface area contributed by atoms with Gasteiger partial charge in [-0.2, -0.15) is 20.1 Å². The van der Waals surface area contributed by atoms with Gasteiger partial charge in [0.25, 0.3) is 5.69 Å². The molecule has 13 nitrogen and oxygen atoms in total. The molecular formula is C23H27N9O4. The van der Waals surface area contributed by atoms with Gasteiger partial charge in [0.1, 0.15) is 0 Å². The summed E-state index contributed by atoms with van der Waals surface area (Å²) in [7, 11) is 5.22. The van der Waals surface area contributed by atoms with E-state index in [4.69, 9.17) is 9.47 Å². The monoisotopic (exact) mass is 493 g/mol. The van der Waals surface area contributed by atoms with E-state index in [1.807, 2.05) is 6.07 Å². The van der Waals surface area contributed by atoms with Crippen molar-refractivity contribution >= 4 is 35.4 Å². The van der Waals surface area contributed by atoms with Crippen molar-refractivity contribution in [2.45, 2.75) is 0 Å². The second-order valence-electron chi connectivity index (χ2n) is 7.99. The fraction of sp³-hybridized carbons (Fsp3) is 0.304. The summed E-state index contributed by atoms with van der Waals surface area (Å²) < 4.78 is 10.6. The summed E-state index contributed by atoms with van der Waals surface area (Å²) >= 11 is 0. The van der Waals surface area contributed by atoms with Crippen LogP contribution in [-0.4, -0.2) is 78.4 Å². The minimum Gasteiger partial charge on any atom is -0.493 e. The molecule has 36 heavy (non-hydrogen) atoms. The Labute approximate surface area is 207 Å². The van der Waals surface area contributed by atoms with Gasteiger partial charge in [0.05, 0.1) is 25.4 Å². The van der Waals surface area contributed by atoms with E-state index in [2.05, 4.69) is 47.6 Å². The molecule has 2 aromatic carbocycles. The molecule has 1 aliphatic rings. The highest BCUT2D eigenvalue weighted by Crippen LogP contribution is 2.27. The molecule has 1 fully saturated rings. The van der Waals surface area contributed by atoms with Gasteiger partial charge in [-0.15, -0.1) is 0 Å². The number of nitro benzene ring substituents is 1. The van der Waals surface area contributed by atoms with Crippen molar-refractivity contribution in [1.82, 2.24) is 19.9 Å². The Morgan fingerprint density at radius 2 is 1.67 bits per heavy atom. The van der Waals surface area contributed by atoms with Crippen LogP contribution in [0.2, 0.25) is 0 Å². The molecule has 0 radical (unpaired) electrons. The second-order valence-corrected chi connectivity index (χ2v) is 7.99. The number of non-ortho nitro benzene ring substituents is 1. The van der Waals surface area contributed by atoms with E-state index >= 15 is 0 Å². The highest BCUT2D eigenvalue weighted by Gasteiger charge is 2.19. The van der Waals surface area contributed by atoms with Crippen molar-refractivity contribution < 1.29 is 14.4 Å². The lowest BCUT2D eigenvalue weighted by Gasteiger charge is -2.32. The van der Waals surface area contributed by atoms with Crippen LogP contribution in [0, 0.1) is 10.1 Å². The Hall–Kier alpha value is -4.52. The number of methoxy groups -OCH3 is 2. The number of nitrogens with zero attached hydrogens (tertiary/aromatic N) is 7. The number of nitro groups is 1. The highest BCUT2D eigenvalue weighted by atomic mass is 16.6. The van der Waals surface area contributed by atoms with E-state index < -0.39 is 4.92 Å². The van der Waals surface area contributed by atoms with E-state index in [1.54, 1.807) is 44.7 Å². The molecule has 4 rings (SSSR count). The minimum absolute atomic E-state index is 0.00109. The SMILES string of the molecule is COc1ccc(/C=N\Nc2nc(Nc3ccc([N+](=O)[O-])cc3)nc(N3CCN(C)CC3)n2)cc1OC. The van der Waals surface area contributed by atoms with E-state index in [0.717, 1.165) is 31.7 Å². The first-order valence-electron chi connectivity index (χ1n) is 11.2. The molecule has 1 saturated heterocycles. The van der Waals surface area contributed by atoms with Crippen molar-refractivity contribution in [3.8, 4) is 11.5 Å². The molecular weight excluding hydrogens is 466 g/mol. The standard InChI is InChI=1S/C23H27N9O4/c1-30-10-12-31(13-11-30)23-27-21(25-17-5-7-18(8-6-17)32(33)34)26-22(28-23)29-24-15-16-4-9-19(35-2)20(14-16)36-3/h4-9,14-15H,10-13H2,1-3H3,(H2,25,26,27,28,29)/b24-15-. The van der Waals surface area contributed by atoms with Gasteiger partial charge in [0.15, 0.2) is 11.5 Å². The Bertz CT molecular complexity index is 1230. The molecule has 1 aromatic heterocycles. The van der Waals surface area contributed by atoms with Crippen LogP contribution in [0.1, 0.15) is 5.56 Å². The summed E-state index contributed by atoms with van der Waals surface area (Å²) in [6, 6.07) is 11.5. The smallest absolute Gasteiger partial charge is 0.269 e. The maximum Gasteiger partial charge on any atom is 0.269 e. The third-order valence-electron chi connectivity index (χ3n) is 5.53. The third kappa shape index (κ3) is 6.13. The lowest BCUT2D eigenvalue weighted by atomic mass is 10.2. The number of aromatic nitrogens is 3. The van der Waals surface area contributed by atoms with Crippen molar-refractivity contribution in [3.63, 3.8) is 0 Å². The molecule has 0 unspecified atom stereocenters. The lowest BCUT2D eigenvalue weighted by molar-refractivity contribution is -0.384. The number of hydrazone groups is 1. The van der Waals surface area contributed by atoms with Crippen LogP contribution in [0.4, 0.5) is 29.2 Å². The molecule has 3 aromatic rings. The predicted molar refractivity (Wildman–Crippen MR) is 137 cm³/mol. The van der Waals surface area contributed by atoms with Crippen LogP contribution >= 0.6 is 0 Å².